The Balaban J connectivity index is 1.99. The van der Waals surface area contributed by atoms with Crippen molar-refractivity contribution >= 4 is 16.9 Å². The van der Waals surface area contributed by atoms with Crippen molar-refractivity contribution in [1.29, 1.82) is 0 Å². The quantitative estimate of drug-likeness (QED) is 0.516. The molecule has 0 bridgehead atoms. The number of fused-ring (bicyclic) bond motifs is 1. The normalized spacial score (nSPS) is 10.6. The molecule has 0 unspecified atom stereocenters. The third-order valence-corrected chi connectivity index (χ3v) is 4.80. The highest BCUT2D eigenvalue weighted by atomic mass is 16.5. The fourth-order valence-electron chi connectivity index (χ4n) is 3.26. The Hall–Kier alpha value is -3.88. The first-order chi connectivity index (χ1) is 15.0. The maximum atomic E-state index is 13.1. The summed E-state index contributed by atoms with van der Waals surface area (Å²) in [5.41, 5.74) is 0.239. The largest absolute Gasteiger partial charge is 0.493 e. The number of rotatable bonds is 9. The van der Waals surface area contributed by atoms with Gasteiger partial charge in [0.1, 0.15) is 6.54 Å². The van der Waals surface area contributed by atoms with E-state index in [1.54, 1.807) is 37.5 Å². The van der Waals surface area contributed by atoms with Crippen molar-refractivity contribution in [2.75, 3.05) is 20.8 Å². The van der Waals surface area contributed by atoms with E-state index in [4.69, 9.17) is 9.47 Å². The van der Waals surface area contributed by atoms with E-state index in [9.17, 15) is 14.4 Å². The monoisotopic (exact) mass is 424 g/mol. The lowest BCUT2D eigenvalue weighted by atomic mass is 10.1. The van der Waals surface area contributed by atoms with Gasteiger partial charge < -0.3 is 14.8 Å². The second-order valence-electron chi connectivity index (χ2n) is 6.73. The second-order valence-corrected chi connectivity index (χ2v) is 6.73. The summed E-state index contributed by atoms with van der Waals surface area (Å²) in [4.78, 5) is 42.4. The van der Waals surface area contributed by atoms with Crippen LogP contribution in [0.15, 0.2) is 58.8 Å². The number of carbonyl (C=O) groups excluding carboxylic acids is 1. The maximum Gasteiger partial charge on any atom is 0.332 e. The Morgan fingerprint density at radius 2 is 1.94 bits per heavy atom. The molecular weight excluding hydrogens is 400 g/mol. The summed E-state index contributed by atoms with van der Waals surface area (Å²) < 4.78 is 12.9. The van der Waals surface area contributed by atoms with Gasteiger partial charge >= 0.3 is 5.69 Å². The van der Waals surface area contributed by atoms with Crippen molar-refractivity contribution in [2.45, 2.75) is 19.5 Å². The summed E-state index contributed by atoms with van der Waals surface area (Å²) in [7, 11) is 3.09. The number of amides is 1. The molecule has 1 amide bonds. The summed E-state index contributed by atoms with van der Waals surface area (Å²) >= 11 is 0. The molecule has 0 fully saturated rings. The third-order valence-electron chi connectivity index (χ3n) is 4.80. The molecule has 0 aliphatic rings. The van der Waals surface area contributed by atoms with Crippen LogP contribution in [-0.2, 0) is 24.3 Å². The third kappa shape index (κ3) is 4.66. The maximum absolute atomic E-state index is 13.1. The van der Waals surface area contributed by atoms with Crippen LogP contribution in [0.1, 0.15) is 5.56 Å². The number of aromatic nitrogens is 3. The molecule has 2 heterocycles. The molecule has 0 saturated carbocycles. The Bertz CT molecular complexity index is 1230. The number of nitrogens with one attached hydrogen (secondary N) is 1. The summed E-state index contributed by atoms with van der Waals surface area (Å²) in [6.07, 6.45) is 3.43. The summed E-state index contributed by atoms with van der Waals surface area (Å²) in [6.45, 7) is 3.72. The van der Waals surface area contributed by atoms with Gasteiger partial charge in [-0.15, -0.1) is 6.58 Å². The van der Waals surface area contributed by atoms with Gasteiger partial charge in [-0.3, -0.25) is 18.7 Å². The zero-order valence-electron chi connectivity index (χ0n) is 17.5. The molecule has 0 spiro atoms. The van der Waals surface area contributed by atoms with E-state index in [2.05, 4.69) is 16.9 Å². The molecule has 1 N–H and O–H groups in total. The zero-order valence-corrected chi connectivity index (χ0v) is 17.5. The molecule has 3 aromatic rings. The highest BCUT2D eigenvalue weighted by Crippen LogP contribution is 2.27. The number of methoxy groups -OCH3 is 2. The van der Waals surface area contributed by atoms with Crippen LogP contribution in [0.4, 0.5) is 0 Å². The molecule has 0 aliphatic heterocycles. The van der Waals surface area contributed by atoms with Crippen molar-refractivity contribution in [1.82, 2.24) is 19.4 Å². The standard InChI is InChI=1S/C22H24N4O5/c1-4-10-23-19(27)14-26-16-6-5-11-24-20(16)21(28)25(22(26)29)12-9-15-7-8-17(30-2)18(13-15)31-3/h4-8,11,13H,1,9-10,12,14H2,2-3H3,(H,23,27). The topological polar surface area (TPSA) is 104 Å². The Morgan fingerprint density at radius 3 is 2.65 bits per heavy atom. The van der Waals surface area contributed by atoms with E-state index >= 15 is 0 Å². The lowest BCUT2D eigenvalue weighted by molar-refractivity contribution is -0.121. The molecule has 31 heavy (non-hydrogen) atoms. The molecule has 1 aromatic carbocycles. The minimum atomic E-state index is -0.570. The summed E-state index contributed by atoms with van der Waals surface area (Å²) in [5.74, 6) is 0.785. The van der Waals surface area contributed by atoms with Gasteiger partial charge in [-0.2, -0.15) is 0 Å². The van der Waals surface area contributed by atoms with Crippen LogP contribution < -0.4 is 26.0 Å². The van der Waals surface area contributed by atoms with Gasteiger partial charge in [0.05, 0.1) is 19.7 Å². The van der Waals surface area contributed by atoms with Gasteiger partial charge in [0.2, 0.25) is 5.91 Å². The van der Waals surface area contributed by atoms with Crippen molar-refractivity contribution in [2.24, 2.45) is 0 Å². The Labute approximate surface area is 178 Å². The van der Waals surface area contributed by atoms with E-state index in [0.717, 1.165) is 10.1 Å². The second kappa shape index (κ2) is 9.75. The summed E-state index contributed by atoms with van der Waals surface area (Å²) in [6, 6.07) is 8.62. The molecule has 0 saturated heterocycles. The van der Waals surface area contributed by atoms with Crippen molar-refractivity contribution < 1.29 is 14.3 Å². The highest BCUT2D eigenvalue weighted by Gasteiger charge is 2.16. The van der Waals surface area contributed by atoms with Crippen LogP contribution in [-0.4, -0.2) is 40.8 Å². The first-order valence-corrected chi connectivity index (χ1v) is 9.67. The van der Waals surface area contributed by atoms with Crippen LogP contribution in [0.3, 0.4) is 0 Å². The zero-order chi connectivity index (χ0) is 22.4. The Morgan fingerprint density at radius 1 is 1.16 bits per heavy atom. The minimum Gasteiger partial charge on any atom is -0.493 e. The number of nitrogens with zero attached hydrogens (tertiary/aromatic N) is 3. The number of pyridine rings is 1. The Kier molecular flexibility index (Phi) is 6.86. The van der Waals surface area contributed by atoms with E-state index in [1.807, 2.05) is 6.07 Å². The van der Waals surface area contributed by atoms with Crippen LogP contribution in [0.2, 0.25) is 0 Å². The predicted molar refractivity (Wildman–Crippen MR) is 117 cm³/mol. The lowest BCUT2D eigenvalue weighted by Gasteiger charge is -2.14. The molecule has 162 valence electrons. The predicted octanol–water partition coefficient (Wildman–Crippen LogP) is 1.12. The molecule has 0 atom stereocenters. The molecule has 9 heteroatoms. The number of carbonyl (C=O) groups is 1. The minimum absolute atomic E-state index is 0.119. The number of hydrogen-bond acceptors (Lipinski definition) is 6. The van der Waals surface area contributed by atoms with Crippen molar-refractivity contribution in [3.8, 4) is 11.5 Å². The first kappa shape index (κ1) is 21.8. The molecule has 0 radical (unpaired) electrons. The van der Waals surface area contributed by atoms with Crippen LogP contribution in [0, 0.1) is 0 Å². The van der Waals surface area contributed by atoms with Gasteiger partial charge in [0.25, 0.3) is 5.56 Å². The van der Waals surface area contributed by atoms with Gasteiger partial charge in [-0.1, -0.05) is 12.1 Å². The van der Waals surface area contributed by atoms with E-state index in [-0.39, 0.29) is 31.1 Å². The molecule has 3 rings (SSSR count). The van der Waals surface area contributed by atoms with Gasteiger partial charge in [-0.25, -0.2) is 9.78 Å². The molecule has 9 nitrogen and oxygen atoms in total. The van der Waals surface area contributed by atoms with Gasteiger partial charge in [0.15, 0.2) is 17.0 Å². The van der Waals surface area contributed by atoms with Gasteiger partial charge in [-0.05, 0) is 36.2 Å². The van der Waals surface area contributed by atoms with Crippen LogP contribution in [0.5, 0.6) is 11.5 Å². The van der Waals surface area contributed by atoms with E-state index in [0.29, 0.717) is 23.4 Å². The van der Waals surface area contributed by atoms with E-state index in [1.165, 1.54) is 17.9 Å². The van der Waals surface area contributed by atoms with Crippen LogP contribution in [0.25, 0.3) is 11.0 Å². The fraction of sp³-hybridized carbons (Fsp3) is 0.273. The number of hydrogen-bond donors (Lipinski definition) is 1. The molecular formula is C22H24N4O5. The lowest BCUT2D eigenvalue weighted by Crippen LogP contribution is -2.43. The average Bonchev–Trinajstić information content (AvgIpc) is 2.80. The van der Waals surface area contributed by atoms with E-state index < -0.39 is 11.2 Å². The van der Waals surface area contributed by atoms with Gasteiger partial charge in [0, 0.05) is 19.3 Å². The first-order valence-electron chi connectivity index (χ1n) is 9.67. The number of aryl methyl sites for hydroxylation is 1. The van der Waals surface area contributed by atoms with Crippen molar-refractivity contribution in [3.05, 3.63) is 75.6 Å². The smallest absolute Gasteiger partial charge is 0.332 e. The fourth-order valence-corrected chi connectivity index (χ4v) is 3.26. The number of ether oxygens (including phenoxy) is 2. The molecule has 0 aliphatic carbocycles. The highest BCUT2D eigenvalue weighted by molar-refractivity contribution is 5.79. The SMILES string of the molecule is C=CCNC(=O)Cn1c(=O)n(CCc2ccc(OC)c(OC)c2)c(=O)c2ncccc21. The van der Waals surface area contributed by atoms with Crippen LogP contribution >= 0.6 is 0 Å². The van der Waals surface area contributed by atoms with Crippen molar-refractivity contribution in [3.63, 3.8) is 0 Å². The summed E-state index contributed by atoms with van der Waals surface area (Å²) in [5, 5.41) is 2.64. The average molecular weight is 424 g/mol. The number of benzene rings is 1. The molecule has 2 aromatic heterocycles.